The Hall–Kier alpha value is -1.31. The van der Waals surface area contributed by atoms with E-state index in [9.17, 15) is 0 Å². The summed E-state index contributed by atoms with van der Waals surface area (Å²) in [5, 5.41) is 4.17. The number of rotatable bonds is 3. The average Bonchev–Trinajstić information content (AvgIpc) is 2.51. The van der Waals surface area contributed by atoms with Gasteiger partial charge in [-0.3, -0.25) is 16.0 Å². The molecule has 0 aromatic carbocycles. The summed E-state index contributed by atoms with van der Waals surface area (Å²) in [4.78, 5) is 0. The Morgan fingerprint density at radius 2 is 2.43 bits per heavy atom. The van der Waals surface area contributed by atoms with Crippen LogP contribution in [0.5, 0.6) is 0 Å². The molecule has 4 heteroatoms. The molecule has 1 aromatic heterocycles. The van der Waals surface area contributed by atoms with Gasteiger partial charge < -0.3 is 0 Å². The van der Waals surface area contributed by atoms with E-state index in [4.69, 9.17) is 5.84 Å². The number of nitrogens with one attached hydrogen (secondary N) is 1. The van der Waals surface area contributed by atoms with Crippen molar-refractivity contribution in [3.8, 4) is 11.8 Å². The van der Waals surface area contributed by atoms with Crippen molar-refractivity contribution >= 4 is 0 Å². The Kier molecular flexibility index (Phi) is 3.69. The number of aryl methyl sites for hydroxylation is 1. The number of aromatic nitrogens is 2. The summed E-state index contributed by atoms with van der Waals surface area (Å²) in [7, 11) is 1.91. The minimum Gasteiger partial charge on any atom is -0.273 e. The highest BCUT2D eigenvalue weighted by molar-refractivity contribution is 5.22. The first-order chi connectivity index (χ1) is 6.70. The molecule has 0 saturated heterocycles. The molecule has 0 amide bonds. The summed E-state index contributed by atoms with van der Waals surface area (Å²) in [6, 6.07) is 0.0659. The van der Waals surface area contributed by atoms with Crippen LogP contribution in [0.25, 0.3) is 0 Å². The molecule has 1 aromatic rings. The molecule has 0 spiro atoms. The van der Waals surface area contributed by atoms with Gasteiger partial charge in [-0.2, -0.15) is 5.10 Å². The molecule has 1 heterocycles. The second-order valence-electron chi connectivity index (χ2n) is 3.16. The third-order valence-electron chi connectivity index (χ3n) is 2.33. The lowest BCUT2D eigenvalue weighted by Crippen LogP contribution is -2.28. The van der Waals surface area contributed by atoms with E-state index in [0.29, 0.717) is 6.42 Å². The molecule has 76 valence electrons. The fourth-order valence-electron chi connectivity index (χ4n) is 1.32. The summed E-state index contributed by atoms with van der Waals surface area (Å²) in [5.41, 5.74) is 4.98. The molecule has 14 heavy (non-hydrogen) atoms. The minimum absolute atomic E-state index is 0.0659. The van der Waals surface area contributed by atoms with Crippen molar-refractivity contribution in [3.63, 3.8) is 0 Å². The smallest absolute Gasteiger partial charge is 0.0602 e. The van der Waals surface area contributed by atoms with E-state index >= 15 is 0 Å². The third-order valence-corrected chi connectivity index (χ3v) is 2.33. The first-order valence-electron chi connectivity index (χ1n) is 4.55. The Bertz CT molecular complexity index is 356. The van der Waals surface area contributed by atoms with Gasteiger partial charge in [0, 0.05) is 24.7 Å². The molecule has 1 unspecified atom stereocenters. The highest BCUT2D eigenvalue weighted by Gasteiger charge is 2.13. The lowest BCUT2D eigenvalue weighted by Gasteiger charge is -2.12. The van der Waals surface area contributed by atoms with Crippen molar-refractivity contribution in [1.82, 2.24) is 15.2 Å². The zero-order chi connectivity index (χ0) is 10.6. The first kappa shape index (κ1) is 10.8. The molecule has 3 N–H and O–H groups in total. The molecule has 0 saturated carbocycles. The SMILES string of the molecule is CC#CCC(NN)c1cnn(C)c1C. The highest BCUT2D eigenvalue weighted by Crippen LogP contribution is 2.18. The summed E-state index contributed by atoms with van der Waals surface area (Å²) in [6.07, 6.45) is 2.54. The lowest BCUT2D eigenvalue weighted by molar-refractivity contribution is 0.563. The topological polar surface area (TPSA) is 55.9 Å². The molecular formula is C10H16N4. The zero-order valence-corrected chi connectivity index (χ0v) is 8.83. The molecule has 1 atom stereocenters. The predicted octanol–water partition coefficient (Wildman–Crippen LogP) is 0.646. The molecule has 0 bridgehead atoms. The maximum absolute atomic E-state index is 5.47. The van der Waals surface area contributed by atoms with Crippen LogP contribution in [0.3, 0.4) is 0 Å². The number of nitrogens with two attached hydrogens (primary N) is 1. The molecule has 0 aliphatic carbocycles. The largest absolute Gasteiger partial charge is 0.273 e. The van der Waals surface area contributed by atoms with Crippen LogP contribution in [0.4, 0.5) is 0 Å². The van der Waals surface area contributed by atoms with Crippen LogP contribution in [-0.4, -0.2) is 9.78 Å². The van der Waals surface area contributed by atoms with Crippen LogP contribution in [-0.2, 0) is 7.05 Å². The Labute approximate surface area is 84.5 Å². The Balaban J connectivity index is 2.87. The molecule has 0 aliphatic heterocycles. The van der Waals surface area contributed by atoms with E-state index in [2.05, 4.69) is 22.4 Å². The monoisotopic (exact) mass is 192 g/mol. The second-order valence-corrected chi connectivity index (χ2v) is 3.16. The van der Waals surface area contributed by atoms with E-state index in [0.717, 1.165) is 11.3 Å². The van der Waals surface area contributed by atoms with E-state index in [1.807, 2.05) is 31.8 Å². The van der Waals surface area contributed by atoms with E-state index in [-0.39, 0.29) is 6.04 Å². The van der Waals surface area contributed by atoms with Gasteiger partial charge in [-0.25, -0.2) is 0 Å². The Morgan fingerprint density at radius 3 is 2.86 bits per heavy atom. The van der Waals surface area contributed by atoms with Crippen LogP contribution >= 0.6 is 0 Å². The van der Waals surface area contributed by atoms with Gasteiger partial charge in [0.15, 0.2) is 0 Å². The molecule has 1 rings (SSSR count). The highest BCUT2D eigenvalue weighted by atomic mass is 15.3. The van der Waals surface area contributed by atoms with Crippen molar-refractivity contribution in [2.24, 2.45) is 12.9 Å². The number of hydrazine groups is 1. The Morgan fingerprint density at radius 1 is 1.71 bits per heavy atom. The van der Waals surface area contributed by atoms with Crippen LogP contribution in [0.2, 0.25) is 0 Å². The maximum atomic E-state index is 5.47. The van der Waals surface area contributed by atoms with Crippen LogP contribution in [0.15, 0.2) is 6.20 Å². The van der Waals surface area contributed by atoms with Crippen molar-refractivity contribution in [3.05, 3.63) is 17.5 Å². The van der Waals surface area contributed by atoms with Gasteiger partial charge in [0.25, 0.3) is 0 Å². The third kappa shape index (κ3) is 2.13. The fraction of sp³-hybridized carbons (Fsp3) is 0.500. The van der Waals surface area contributed by atoms with Gasteiger partial charge in [-0.05, 0) is 13.8 Å². The van der Waals surface area contributed by atoms with E-state index in [1.165, 1.54) is 0 Å². The quantitative estimate of drug-likeness (QED) is 0.420. The molecular weight excluding hydrogens is 176 g/mol. The minimum atomic E-state index is 0.0659. The van der Waals surface area contributed by atoms with Gasteiger partial charge in [0.1, 0.15) is 0 Å². The van der Waals surface area contributed by atoms with Crippen LogP contribution < -0.4 is 11.3 Å². The van der Waals surface area contributed by atoms with E-state index < -0.39 is 0 Å². The van der Waals surface area contributed by atoms with Crippen LogP contribution in [0, 0.1) is 18.8 Å². The molecule has 0 radical (unpaired) electrons. The fourth-order valence-corrected chi connectivity index (χ4v) is 1.32. The predicted molar refractivity (Wildman–Crippen MR) is 56.1 cm³/mol. The summed E-state index contributed by atoms with van der Waals surface area (Å²) >= 11 is 0. The maximum Gasteiger partial charge on any atom is 0.0602 e. The van der Waals surface area contributed by atoms with Gasteiger partial charge in [-0.1, -0.05) is 0 Å². The lowest BCUT2D eigenvalue weighted by atomic mass is 10.1. The van der Waals surface area contributed by atoms with Crippen molar-refractivity contribution < 1.29 is 0 Å². The zero-order valence-electron chi connectivity index (χ0n) is 8.83. The second kappa shape index (κ2) is 4.80. The summed E-state index contributed by atoms with van der Waals surface area (Å²) in [6.45, 7) is 3.84. The molecule has 0 fully saturated rings. The average molecular weight is 192 g/mol. The first-order valence-corrected chi connectivity index (χ1v) is 4.55. The normalized spacial score (nSPS) is 12.0. The number of nitrogens with zero attached hydrogens (tertiary/aromatic N) is 2. The molecule has 4 nitrogen and oxygen atoms in total. The number of hydrogen-bond acceptors (Lipinski definition) is 3. The van der Waals surface area contributed by atoms with E-state index in [1.54, 1.807) is 0 Å². The van der Waals surface area contributed by atoms with Crippen molar-refractivity contribution in [1.29, 1.82) is 0 Å². The van der Waals surface area contributed by atoms with Gasteiger partial charge in [0.2, 0.25) is 0 Å². The van der Waals surface area contributed by atoms with Gasteiger partial charge in [0.05, 0.1) is 12.2 Å². The van der Waals surface area contributed by atoms with Gasteiger partial charge >= 0.3 is 0 Å². The standard InChI is InChI=1S/C10H16N4/c1-4-5-6-10(13-11)9-7-12-14(3)8(9)2/h7,10,13H,6,11H2,1-3H3. The molecule has 0 aliphatic rings. The van der Waals surface area contributed by atoms with Crippen molar-refractivity contribution in [2.75, 3.05) is 0 Å². The number of hydrogen-bond donors (Lipinski definition) is 2. The summed E-state index contributed by atoms with van der Waals surface area (Å²) in [5.74, 6) is 11.3. The van der Waals surface area contributed by atoms with Gasteiger partial charge in [-0.15, -0.1) is 11.8 Å². The van der Waals surface area contributed by atoms with Crippen LogP contribution in [0.1, 0.15) is 30.6 Å². The van der Waals surface area contributed by atoms with Crippen molar-refractivity contribution in [2.45, 2.75) is 26.3 Å². The summed E-state index contributed by atoms with van der Waals surface area (Å²) < 4.78 is 1.83.